The summed E-state index contributed by atoms with van der Waals surface area (Å²) in [5.74, 6) is 0.0920. The number of pyridine rings is 1. The minimum atomic E-state index is -4.64. The Morgan fingerprint density at radius 2 is 1.94 bits per heavy atom. The third-order valence-electron chi connectivity index (χ3n) is 7.45. The van der Waals surface area contributed by atoms with Gasteiger partial charge in [0.05, 0.1) is 11.6 Å². The lowest BCUT2D eigenvalue weighted by molar-refractivity contribution is -0.352. The Kier molecular flexibility index (Phi) is 4.71. The minimum Gasteiger partial charge on any atom is -0.425 e. The molecule has 3 aliphatic carbocycles. The van der Waals surface area contributed by atoms with Crippen molar-refractivity contribution in [3.05, 3.63) is 53.6 Å². The Labute approximate surface area is 190 Å². The maximum atomic E-state index is 13.4. The smallest absolute Gasteiger partial charge is 0.425 e. The summed E-state index contributed by atoms with van der Waals surface area (Å²) in [5, 5.41) is 11.9. The summed E-state index contributed by atoms with van der Waals surface area (Å²) in [5.41, 5.74) is 0.460. The van der Waals surface area contributed by atoms with E-state index in [4.69, 9.17) is 4.42 Å². The second-order valence-electron chi connectivity index (χ2n) is 9.43. The molecule has 3 atom stereocenters. The van der Waals surface area contributed by atoms with Crippen LogP contribution in [-0.2, 0) is 4.74 Å². The zero-order valence-electron chi connectivity index (χ0n) is 17.8. The lowest BCUT2D eigenvalue weighted by Crippen LogP contribution is -2.69. The van der Waals surface area contributed by atoms with Crippen molar-refractivity contribution in [3.8, 4) is 0 Å². The SMILES string of the molecule is O=C(NC12CCC1C(c1nnc(C3CC(OC(F)(F)F)C3)o1)C2)c1ccc2cc(F)ccc2n1. The van der Waals surface area contributed by atoms with Gasteiger partial charge in [0.2, 0.25) is 11.8 Å². The Balaban J connectivity index is 1.08. The summed E-state index contributed by atoms with van der Waals surface area (Å²) >= 11 is 0. The number of carbonyl (C=O) groups is 1. The molecule has 3 unspecified atom stereocenters. The zero-order valence-corrected chi connectivity index (χ0v) is 17.8. The van der Waals surface area contributed by atoms with Crippen molar-refractivity contribution < 1.29 is 31.5 Å². The fourth-order valence-electron chi connectivity index (χ4n) is 5.47. The van der Waals surface area contributed by atoms with Crippen LogP contribution in [-0.4, -0.2) is 39.1 Å². The second-order valence-corrected chi connectivity index (χ2v) is 9.43. The number of nitrogens with one attached hydrogen (secondary N) is 1. The average Bonchev–Trinajstić information content (AvgIpc) is 3.22. The van der Waals surface area contributed by atoms with Gasteiger partial charge in [-0.1, -0.05) is 6.07 Å². The number of rotatable bonds is 5. The summed E-state index contributed by atoms with van der Waals surface area (Å²) in [6.45, 7) is 0. The van der Waals surface area contributed by atoms with E-state index < -0.39 is 12.5 Å². The number of fused-ring (bicyclic) bond motifs is 2. The first-order valence-electron chi connectivity index (χ1n) is 11.2. The Morgan fingerprint density at radius 1 is 1.15 bits per heavy atom. The van der Waals surface area contributed by atoms with E-state index in [-0.39, 0.29) is 53.6 Å². The molecule has 1 aromatic carbocycles. The Bertz CT molecular complexity index is 1270. The topological polar surface area (TPSA) is 90.1 Å². The molecular weight excluding hydrogens is 456 g/mol. The van der Waals surface area contributed by atoms with Gasteiger partial charge in [-0.2, -0.15) is 0 Å². The maximum Gasteiger partial charge on any atom is 0.522 e. The van der Waals surface area contributed by atoms with Gasteiger partial charge >= 0.3 is 6.36 Å². The average molecular weight is 476 g/mol. The molecule has 6 rings (SSSR count). The van der Waals surface area contributed by atoms with Gasteiger partial charge in [-0.05, 0) is 62.3 Å². The van der Waals surface area contributed by atoms with Crippen molar-refractivity contribution >= 4 is 16.8 Å². The number of amides is 1. The molecule has 3 saturated carbocycles. The normalized spacial score (nSPS) is 30.1. The first-order valence-corrected chi connectivity index (χ1v) is 11.2. The third kappa shape index (κ3) is 3.62. The van der Waals surface area contributed by atoms with Gasteiger partial charge in [0.1, 0.15) is 11.5 Å². The van der Waals surface area contributed by atoms with Gasteiger partial charge in [-0.25, -0.2) is 9.37 Å². The molecule has 0 bridgehead atoms. The van der Waals surface area contributed by atoms with E-state index in [1.54, 1.807) is 12.1 Å². The molecule has 3 fully saturated rings. The van der Waals surface area contributed by atoms with E-state index in [9.17, 15) is 22.4 Å². The number of nitrogens with zero attached hydrogens (tertiary/aromatic N) is 3. The highest BCUT2D eigenvalue weighted by molar-refractivity contribution is 5.95. The predicted molar refractivity (Wildman–Crippen MR) is 109 cm³/mol. The van der Waals surface area contributed by atoms with Gasteiger partial charge in [0, 0.05) is 22.8 Å². The molecular formula is C23H20F4N4O3. The number of benzene rings is 1. The number of ether oxygens (including phenoxy) is 1. The number of hydrogen-bond donors (Lipinski definition) is 1. The monoisotopic (exact) mass is 476 g/mol. The van der Waals surface area contributed by atoms with E-state index in [2.05, 4.69) is 25.2 Å². The van der Waals surface area contributed by atoms with Crippen LogP contribution in [0.25, 0.3) is 10.9 Å². The van der Waals surface area contributed by atoms with E-state index >= 15 is 0 Å². The molecule has 0 radical (unpaired) electrons. The van der Waals surface area contributed by atoms with Gasteiger partial charge in [-0.3, -0.25) is 9.53 Å². The lowest BCUT2D eigenvalue weighted by atomic mass is 9.47. The molecule has 7 nitrogen and oxygen atoms in total. The summed E-state index contributed by atoms with van der Waals surface area (Å²) in [6, 6.07) is 7.46. The van der Waals surface area contributed by atoms with Crippen LogP contribution < -0.4 is 5.32 Å². The van der Waals surface area contributed by atoms with Crippen molar-refractivity contribution in [2.75, 3.05) is 0 Å². The number of carbonyl (C=O) groups excluding carboxylic acids is 1. The highest BCUT2D eigenvalue weighted by atomic mass is 19.4. The molecule has 0 saturated heterocycles. The van der Waals surface area contributed by atoms with Crippen LogP contribution in [0.4, 0.5) is 17.6 Å². The van der Waals surface area contributed by atoms with Crippen molar-refractivity contribution in [1.82, 2.24) is 20.5 Å². The molecule has 1 N–H and O–H groups in total. The first kappa shape index (κ1) is 21.5. The van der Waals surface area contributed by atoms with Gasteiger partial charge in [0.25, 0.3) is 5.91 Å². The Morgan fingerprint density at radius 3 is 2.65 bits per heavy atom. The minimum absolute atomic E-state index is 0.00476. The summed E-state index contributed by atoms with van der Waals surface area (Å²) in [7, 11) is 0. The highest BCUT2D eigenvalue weighted by Crippen LogP contribution is 2.61. The quantitative estimate of drug-likeness (QED) is 0.541. The predicted octanol–water partition coefficient (Wildman–Crippen LogP) is 4.61. The summed E-state index contributed by atoms with van der Waals surface area (Å²) in [6.07, 6.45) is -2.74. The second kappa shape index (κ2) is 7.46. The molecule has 0 aliphatic heterocycles. The molecule has 2 heterocycles. The molecule has 11 heteroatoms. The number of halogens is 4. The summed E-state index contributed by atoms with van der Waals surface area (Å²) in [4.78, 5) is 17.2. The van der Waals surface area contributed by atoms with Crippen molar-refractivity contribution in [3.63, 3.8) is 0 Å². The van der Waals surface area contributed by atoms with E-state index in [1.807, 2.05) is 0 Å². The van der Waals surface area contributed by atoms with Crippen LogP contribution in [0.3, 0.4) is 0 Å². The fraction of sp³-hybridized carbons (Fsp3) is 0.478. The number of aromatic nitrogens is 3. The van der Waals surface area contributed by atoms with E-state index in [0.29, 0.717) is 29.1 Å². The Hall–Kier alpha value is -3.08. The first-order chi connectivity index (χ1) is 16.2. The van der Waals surface area contributed by atoms with Crippen LogP contribution in [0.1, 0.15) is 66.2 Å². The fourth-order valence-corrected chi connectivity index (χ4v) is 5.47. The molecule has 178 valence electrons. The van der Waals surface area contributed by atoms with Crippen molar-refractivity contribution in [2.24, 2.45) is 5.92 Å². The molecule has 2 aromatic heterocycles. The number of hydrogen-bond acceptors (Lipinski definition) is 6. The maximum absolute atomic E-state index is 13.4. The standard InChI is InChI=1S/C23H20F4N4O3/c24-13-2-4-17-11(7-13)1-3-18(28-17)19(32)29-22-6-5-16(22)15(10-22)21-31-30-20(33-21)12-8-14(9-12)34-23(25,26)27/h1-4,7,12,14-16H,5-6,8-10H2,(H,29,32). The van der Waals surface area contributed by atoms with Crippen LogP contribution in [0.15, 0.2) is 34.7 Å². The zero-order chi connectivity index (χ0) is 23.7. The molecule has 3 aromatic rings. The largest absolute Gasteiger partial charge is 0.522 e. The van der Waals surface area contributed by atoms with Gasteiger partial charge in [0.15, 0.2) is 0 Å². The molecule has 1 amide bonds. The van der Waals surface area contributed by atoms with Crippen molar-refractivity contribution in [1.29, 1.82) is 0 Å². The molecule has 3 aliphatic rings. The van der Waals surface area contributed by atoms with E-state index in [1.165, 1.54) is 18.2 Å². The van der Waals surface area contributed by atoms with Crippen LogP contribution in [0, 0.1) is 11.7 Å². The summed E-state index contributed by atoms with van der Waals surface area (Å²) < 4.78 is 60.1. The molecule has 0 spiro atoms. The number of alkyl halides is 3. The van der Waals surface area contributed by atoms with Gasteiger partial charge < -0.3 is 9.73 Å². The van der Waals surface area contributed by atoms with Crippen molar-refractivity contribution in [2.45, 2.75) is 61.9 Å². The third-order valence-corrected chi connectivity index (χ3v) is 7.45. The lowest BCUT2D eigenvalue weighted by Gasteiger charge is -2.62. The molecule has 34 heavy (non-hydrogen) atoms. The van der Waals surface area contributed by atoms with Crippen LogP contribution in [0.2, 0.25) is 0 Å². The van der Waals surface area contributed by atoms with Crippen LogP contribution >= 0.6 is 0 Å². The van der Waals surface area contributed by atoms with Crippen LogP contribution in [0.5, 0.6) is 0 Å². The van der Waals surface area contributed by atoms with E-state index in [0.717, 1.165) is 12.8 Å². The highest BCUT2D eigenvalue weighted by Gasteiger charge is 2.62. The van der Waals surface area contributed by atoms with Gasteiger partial charge in [-0.15, -0.1) is 23.4 Å².